The molecule has 1 fully saturated rings. The monoisotopic (exact) mass is 517 g/mol. The summed E-state index contributed by atoms with van der Waals surface area (Å²) in [6.45, 7) is 1.17. The number of carboxylic acids is 1. The van der Waals surface area contributed by atoms with E-state index in [1.54, 1.807) is 4.57 Å². The summed E-state index contributed by atoms with van der Waals surface area (Å²) in [6, 6.07) is 17.2. The smallest absolute Gasteiger partial charge is 0.341 e. The Kier molecular flexibility index (Phi) is 5.15. The largest absolute Gasteiger partial charge is 1.00 e. The Hall–Kier alpha value is -4.14. The third-order valence-corrected chi connectivity index (χ3v) is 7.30. The Morgan fingerprint density at radius 2 is 1.84 bits per heavy atom. The molecule has 3 heterocycles. The van der Waals surface area contributed by atoms with Crippen LogP contribution >= 0.6 is 0 Å². The Labute approximate surface area is 215 Å². The summed E-state index contributed by atoms with van der Waals surface area (Å²) in [5.41, 5.74) is 4.17. The number of hydrogen-bond acceptors (Lipinski definition) is 4. The van der Waals surface area contributed by atoms with Gasteiger partial charge >= 0.3 is 5.97 Å². The summed E-state index contributed by atoms with van der Waals surface area (Å²) in [4.78, 5) is 26.9. The minimum absolute atomic E-state index is 0. The van der Waals surface area contributed by atoms with E-state index in [1.807, 2.05) is 53.4 Å². The van der Waals surface area contributed by atoms with Gasteiger partial charge in [0.2, 0.25) is 5.43 Å². The second-order valence-electron chi connectivity index (χ2n) is 9.51. The van der Waals surface area contributed by atoms with E-state index in [2.05, 4.69) is 5.73 Å². The van der Waals surface area contributed by atoms with Crippen LogP contribution in [0.1, 0.15) is 16.8 Å². The lowest BCUT2D eigenvalue weighted by atomic mass is 10.00. The standard InChI is InChI=1S/C28H20FN3O4.ClH/c29-21-10-19-24-27(25(21)31-8-7-16(30)12-31)36-23-11-18-15(6-5-14-3-1-2-4-17(14)18)9-22(23)32(24)13-20(26(19)33)28(34)35;/h1-6,9-11,13,16H,7-8,12,30H2,(H,34,35);1H/t16-;/m1./s1. The summed E-state index contributed by atoms with van der Waals surface area (Å²) in [5.74, 6) is -1.30. The van der Waals surface area contributed by atoms with E-state index >= 15 is 4.39 Å². The zero-order valence-corrected chi connectivity index (χ0v) is 20.3. The average Bonchev–Trinajstić information content (AvgIpc) is 3.29. The van der Waals surface area contributed by atoms with Gasteiger partial charge in [-0.15, -0.1) is 0 Å². The number of fused-ring (bicyclic) bond motifs is 5. The molecule has 4 N–H and O–H groups in total. The van der Waals surface area contributed by atoms with E-state index in [0.29, 0.717) is 30.0 Å². The molecule has 5 aromatic rings. The van der Waals surface area contributed by atoms with Gasteiger partial charge < -0.3 is 37.5 Å². The van der Waals surface area contributed by atoms with Gasteiger partial charge in [-0.05, 0) is 39.7 Å². The summed E-state index contributed by atoms with van der Waals surface area (Å²) < 4.78 is 23.7. The van der Waals surface area contributed by atoms with Crippen LogP contribution in [0.15, 0.2) is 65.6 Å². The molecule has 7 rings (SSSR count). The quantitative estimate of drug-likeness (QED) is 0.335. The number of aromatic carboxylic acids is 1. The molecule has 0 radical (unpaired) electrons. The Bertz CT molecular complexity index is 1850. The first-order chi connectivity index (χ1) is 17.4. The highest BCUT2D eigenvalue weighted by atomic mass is 35.5. The number of carbonyl (C=O) groups is 1. The van der Waals surface area contributed by atoms with E-state index in [0.717, 1.165) is 34.0 Å². The minimum Gasteiger partial charge on any atom is -1.00 e. The van der Waals surface area contributed by atoms with Crippen molar-refractivity contribution >= 4 is 44.1 Å². The number of quaternary nitrogens is 1. The summed E-state index contributed by atoms with van der Waals surface area (Å²) in [5, 5.41) is 13.7. The van der Waals surface area contributed by atoms with Gasteiger partial charge in [0.1, 0.15) is 22.8 Å². The van der Waals surface area contributed by atoms with Crippen LogP contribution in [0.25, 0.3) is 38.1 Å². The zero-order valence-electron chi connectivity index (χ0n) is 19.5. The van der Waals surface area contributed by atoms with Gasteiger partial charge in [-0.25, -0.2) is 9.18 Å². The van der Waals surface area contributed by atoms with Crippen LogP contribution in [0.5, 0.6) is 11.5 Å². The molecular weight excluding hydrogens is 497 g/mol. The molecule has 0 saturated carbocycles. The Balaban J connectivity index is 0.00000252. The van der Waals surface area contributed by atoms with Crippen molar-refractivity contribution in [2.75, 3.05) is 18.0 Å². The first-order valence-electron chi connectivity index (χ1n) is 11.8. The highest BCUT2D eigenvalue weighted by Crippen LogP contribution is 2.48. The van der Waals surface area contributed by atoms with Gasteiger partial charge in [-0.2, -0.15) is 0 Å². The zero-order chi connectivity index (χ0) is 24.7. The number of carboxylic acid groups (broad SMARTS) is 1. The molecular formula is C28H21ClFN3O4. The highest BCUT2D eigenvalue weighted by molar-refractivity contribution is 6.09. The second-order valence-corrected chi connectivity index (χ2v) is 9.51. The maximum absolute atomic E-state index is 15.6. The number of benzene rings is 4. The molecule has 9 heteroatoms. The molecule has 2 aliphatic heterocycles. The van der Waals surface area contributed by atoms with E-state index in [9.17, 15) is 14.7 Å². The molecule has 0 bridgehead atoms. The van der Waals surface area contributed by atoms with Crippen LogP contribution < -0.4 is 33.2 Å². The normalized spacial score (nSPS) is 16.1. The van der Waals surface area contributed by atoms with Crippen molar-refractivity contribution < 1.29 is 37.2 Å². The van der Waals surface area contributed by atoms with Crippen molar-refractivity contribution in [3.8, 4) is 17.2 Å². The minimum atomic E-state index is -1.36. The maximum Gasteiger partial charge on any atom is 0.341 e. The number of pyridine rings is 1. The molecule has 2 aliphatic rings. The summed E-state index contributed by atoms with van der Waals surface area (Å²) in [7, 11) is 0. The molecule has 0 amide bonds. The van der Waals surface area contributed by atoms with Gasteiger partial charge in [0.05, 0.1) is 17.6 Å². The molecule has 0 spiro atoms. The third-order valence-electron chi connectivity index (χ3n) is 7.30. The van der Waals surface area contributed by atoms with Crippen molar-refractivity contribution in [1.82, 2.24) is 4.57 Å². The highest BCUT2D eigenvalue weighted by Gasteiger charge is 2.33. The molecule has 4 aromatic carbocycles. The fraction of sp³-hybridized carbons (Fsp3) is 0.143. The predicted octanol–water partition coefficient (Wildman–Crippen LogP) is 1.06. The first kappa shape index (κ1) is 23.3. The van der Waals surface area contributed by atoms with Gasteiger partial charge in [-0.3, -0.25) is 4.79 Å². The summed E-state index contributed by atoms with van der Waals surface area (Å²) in [6.07, 6.45) is 2.13. The topological polar surface area (TPSA) is 99.4 Å². The molecule has 186 valence electrons. The fourth-order valence-electron chi connectivity index (χ4n) is 5.59. The molecule has 1 atom stereocenters. The van der Waals surface area contributed by atoms with Crippen molar-refractivity contribution in [1.29, 1.82) is 0 Å². The molecule has 0 unspecified atom stereocenters. The lowest BCUT2D eigenvalue weighted by Crippen LogP contribution is -3.00. The van der Waals surface area contributed by atoms with Crippen molar-refractivity contribution in [2.45, 2.75) is 12.5 Å². The van der Waals surface area contributed by atoms with Crippen LogP contribution in [0.4, 0.5) is 10.1 Å². The van der Waals surface area contributed by atoms with E-state index in [1.165, 1.54) is 6.20 Å². The van der Waals surface area contributed by atoms with E-state index in [-0.39, 0.29) is 35.3 Å². The third kappa shape index (κ3) is 3.29. The Morgan fingerprint density at radius 3 is 2.59 bits per heavy atom. The average molecular weight is 518 g/mol. The lowest BCUT2D eigenvalue weighted by Gasteiger charge is -2.29. The van der Waals surface area contributed by atoms with Gasteiger partial charge in [0.15, 0.2) is 17.3 Å². The van der Waals surface area contributed by atoms with Crippen LogP contribution in [0.3, 0.4) is 0 Å². The second kappa shape index (κ2) is 8.19. The van der Waals surface area contributed by atoms with Gasteiger partial charge in [0, 0.05) is 19.2 Å². The maximum atomic E-state index is 15.6. The number of hydrogen-bond donors (Lipinski definition) is 2. The molecule has 7 nitrogen and oxygen atoms in total. The van der Waals surface area contributed by atoms with Crippen molar-refractivity contribution in [3.05, 3.63) is 82.4 Å². The molecule has 1 saturated heterocycles. The van der Waals surface area contributed by atoms with Crippen molar-refractivity contribution in [2.24, 2.45) is 0 Å². The Morgan fingerprint density at radius 1 is 1.05 bits per heavy atom. The molecule has 37 heavy (non-hydrogen) atoms. The molecule has 1 aromatic heterocycles. The van der Waals surface area contributed by atoms with E-state index < -0.39 is 22.8 Å². The first-order valence-corrected chi connectivity index (χ1v) is 11.8. The van der Waals surface area contributed by atoms with Crippen LogP contribution in [0.2, 0.25) is 0 Å². The number of rotatable bonds is 2. The SMILES string of the molecule is [Cl-].[NH3+][C@@H]1CCN(c2c(F)cc3c(=O)c(C(=O)O)cn4c3c2Oc2cc3c(ccc5ccccc53)cc2-4)C1. The number of halogens is 2. The van der Waals surface area contributed by atoms with Crippen LogP contribution in [-0.2, 0) is 0 Å². The number of nitrogens with zero attached hydrogens (tertiary/aromatic N) is 2. The predicted molar refractivity (Wildman–Crippen MR) is 135 cm³/mol. The van der Waals surface area contributed by atoms with Gasteiger partial charge in [0.25, 0.3) is 0 Å². The van der Waals surface area contributed by atoms with E-state index in [4.69, 9.17) is 4.74 Å². The van der Waals surface area contributed by atoms with Crippen LogP contribution in [-0.4, -0.2) is 34.8 Å². The number of aromatic nitrogens is 1. The summed E-state index contributed by atoms with van der Waals surface area (Å²) >= 11 is 0. The van der Waals surface area contributed by atoms with Gasteiger partial charge in [-0.1, -0.05) is 36.4 Å². The van der Waals surface area contributed by atoms with Crippen LogP contribution in [0, 0.1) is 5.82 Å². The number of ether oxygens (including phenoxy) is 1. The molecule has 0 aliphatic carbocycles. The fourth-order valence-corrected chi connectivity index (χ4v) is 5.59. The number of anilines is 1. The lowest BCUT2D eigenvalue weighted by molar-refractivity contribution is -0.412. The van der Waals surface area contributed by atoms with Crippen molar-refractivity contribution in [3.63, 3.8) is 0 Å².